The van der Waals surface area contributed by atoms with Crippen LogP contribution in [-0.2, 0) is 0 Å². The molecule has 2 heterocycles. The van der Waals surface area contributed by atoms with E-state index in [0.29, 0.717) is 6.04 Å². The molecule has 3 heteroatoms. The third kappa shape index (κ3) is 3.01. The second-order valence-corrected chi connectivity index (χ2v) is 5.84. The van der Waals surface area contributed by atoms with Crippen LogP contribution >= 0.6 is 0 Å². The highest BCUT2D eigenvalue weighted by molar-refractivity contribution is 4.98. The number of likely N-dealkylation sites (tertiary alicyclic amines) is 1. The minimum absolute atomic E-state index is 0.334. The van der Waals surface area contributed by atoms with Gasteiger partial charge in [-0.1, -0.05) is 20.3 Å². The monoisotopic (exact) mass is 240 g/mol. The molecular formula is C14H28N2O. The lowest BCUT2D eigenvalue weighted by molar-refractivity contribution is -0.0604. The van der Waals surface area contributed by atoms with Crippen LogP contribution in [0.1, 0.15) is 46.0 Å². The molecule has 0 spiro atoms. The van der Waals surface area contributed by atoms with E-state index in [-0.39, 0.29) is 0 Å². The number of hydrogen-bond acceptors (Lipinski definition) is 3. The van der Waals surface area contributed by atoms with Gasteiger partial charge in [0.2, 0.25) is 0 Å². The first-order valence-electron chi connectivity index (χ1n) is 7.36. The summed E-state index contributed by atoms with van der Waals surface area (Å²) in [5.41, 5.74) is -0.445. The van der Waals surface area contributed by atoms with Crippen LogP contribution in [0, 0.1) is 5.92 Å². The summed E-state index contributed by atoms with van der Waals surface area (Å²) in [5, 5.41) is 14.4. The summed E-state index contributed by atoms with van der Waals surface area (Å²) in [6.07, 6.45) is 5.59. The van der Waals surface area contributed by atoms with Gasteiger partial charge in [-0.2, -0.15) is 0 Å². The largest absolute Gasteiger partial charge is 0.388 e. The Morgan fingerprint density at radius 2 is 2.00 bits per heavy atom. The quantitative estimate of drug-likeness (QED) is 0.787. The molecule has 100 valence electrons. The summed E-state index contributed by atoms with van der Waals surface area (Å²) >= 11 is 0. The predicted octanol–water partition coefficient (Wildman–Crippen LogP) is 1.61. The first kappa shape index (κ1) is 13.3. The van der Waals surface area contributed by atoms with Gasteiger partial charge in [-0.3, -0.25) is 0 Å². The Hall–Kier alpha value is -0.120. The second-order valence-electron chi connectivity index (χ2n) is 5.84. The number of piperidine rings is 2. The minimum atomic E-state index is -0.445. The van der Waals surface area contributed by atoms with Crippen molar-refractivity contribution in [3.05, 3.63) is 0 Å². The molecule has 2 atom stereocenters. The number of nitrogens with one attached hydrogen (secondary N) is 1. The maximum atomic E-state index is 10.8. The zero-order valence-electron chi connectivity index (χ0n) is 11.4. The maximum absolute atomic E-state index is 10.8. The molecule has 2 saturated heterocycles. The van der Waals surface area contributed by atoms with Crippen LogP contribution < -0.4 is 5.32 Å². The van der Waals surface area contributed by atoms with Gasteiger partial charge in [0.05, 0.1) is 5.60 Å². The van der Waals surface area contributed by atoms with Gasteiger partial charge in [-0.05, 0) is 44.7 Å². The van der Waals surface area contributed by atoms with Crippen molar-refractivity contribution in [1.29, 1.82) is 0 Å². The van der Waals surface area contributed by atoms with E-state index >= 15 is 0 Å². The van der Waals surface area contributed by atoms with E-state index in [2.05, 4.69) is 24.1 Å². The van der Waals surface area contributed by atoms with Crippen LogP contribution in [0.3, 0.4) is 0 Å². The van der Waals surface area contributed by atoms with Crippen LogP contribution in [0.15, 0.2) is 0 Å². The molecule has 0 bridgehead atoms. The van der Waals surface area contributed by atoms with Crippen molar-refractivity contribution in [3.8, 4) is 0 Å². The van der Waals surface area contributed by atoms with E-state index in [0.717, 1.165) is 44.9 Å². The molecule has 3 nitrogen and oxygen atoms in total. The van der Waals surface area contributed by atoms with Gasteiger partial charge in [0.25, 0.3) is 0 Å². The molecular weight excluding hydrogens is 212 g/mol. The van der Waals surface area contributed by atoms with Gasteiger partial charge in [-0.25, -0.2) is 0 Å². The first-order chi connectivity index (χ1) is 8.18. The van der Waals surface area contributed by atoms with E-state index in [4.69, 9.17) is 0 Å². The highest BCUT2D eigenvalue weighted by Gasteiger charge is 2.41. The average Bonchev–Trinajstić information content (AvgIpc) is 2.40. The van der Waals surface area contributed by atoms with Crippen LogP contribution in [0.4, 0.5) is 0 Å². The highest BCUT2D eigenvalue weighted by Crippen LogP contribution is 2.32. The third-order valence-corrected chi connectivity index (χ3v) is 4.91. The van der Waals surface area contributed by atoms with E-state index < -0.39 is 5.60 Å². The number of aliphatic hydroxyl groups is 1. The van der Waals surface area contributed by atoms with Crippen molar-refractivity contribution < 1.29 is 5.11 Å². The average molecular weight is 240 g/mol. The van der Waals surface area contributed by atoms with Crippen LogP contribution in [0.2, 0.25) is 0 Å². The van der Waals surface area contributed by atoms with Crippen molar-refractivity contribution in [2.75, 3.05) is 26.2 Å². The summed E-state index contributed by atoms with van der Waals surface area (Å²) in [5.74, 6) is 0.814. The zero-order chi connectivity index (χ0) is 12.3. The minimum Gasteiger partial charge on any atom is -0.388 e. The molecule has 2 rings (SSSR count). The van der Waals surface area contributed by atoms with Crippen molar-refractivity contribution in [2.45, 2.75) is 57.6 Å². The van der Waals surface area contributed by atoms with Gasteiger partial charge in [-0.15, -0.1) is 0 Å². The fourth-order valence-corrected chi connectivity index (χ4v) is 3.38. The van der Waals surface area contributed by atoms with Crippen molar-refractivity contribution in [1.82, 2.24) is 10.2 Å². The molecule has 0 saturated carbocycles. The highest BCUT2D eigenvalue weighted by atomic mass is 16.3. The molecule has 0 radical (unpaired) electrons. The van der Waals surface area contributed by atoms with Crippen LogP contribution in [-0.4, -0.2) is 47.8 Å². The standard InChI is InChI=1S/C14H28N2O/c1-3-12-5-8-15-13(11-12)14(17)6-9-16(4-2)10-7-14/h12-13,15,17H,3-11H2,1-2H3. The summed E-state index contributed by atoms with van der Waals surface area (Å²) in [6, 6.07) is 0.334. The van der Waals surface area contributed by atoms with Crippen molar-refractivity contribution in [2.24, 2.45) is 5.92 Å². The van der Waals surface area contributed by atoms with Crippen LogP contribution in [0.25, 0.3) is 0 Å². The molecule has 0 aliphatic carbocycles. The number of nitrogens with zero attached hydrogens (tertiary/aromatic N) is 1. The topological polar surface area (TPSA) is 35.5 Å². The lowest BCUT2D eigenvalue weighted by Crippen LogP contribution is -2.58. The van der Waals surface area contributed by atoms with E-state index in [1.807, 2.05) is 0 Å². The summed E-state index contributed by atoms with van der Waals surface area (Å²) in [7, 11) is 0. The first-order valence-corrected chi connectivity index (χ1v) is 7.36. The SMILES string of the molecule is CCC1CCNC(C2(O)CCN(CC)CC2)C1. The Morgan fingerprint density at radius 3 is 2.59 bits per heavy atom. The second kappa shape index (κ2) is 5.68. The number of rotatable bonds is 3. The van der Waals surface area contributed by atoms with E-state index in [1.54, 1.807) is 0 Å². The summed E-state index contributed by atoms with van der Waals surface area (Å²) in [4.78, 5) is 2.44. The van der Waals surface area contributed by atoms with Gasteiger partial charge < -0.3 is 15.3 Å². The third-order valence-electron chi connectivity index (χ3n) is 4.91. The molecule has 2 fully saturated rings. The molecule has 2 unspecified atom stereocenters. The van der Waals surface area contributed by atoms with Crippen molar-refractivity contribution in [3.63, 3.8) is 0 Å². The lowest BCUT2D eigenvalue weighted by Gasteiger charge is -2.46. The van der Waals surface area contributed by atoms with Crippen LogP contribution in [0.5, 0.6) is 0 Å². The molecule has 2 N–H and O–H groups in total. The number of hydrogen-bond donors (Lipinski definition) is 2. The summed E-state index contributed by atoms with van der Waals surface area (Å²) < 4.78 is 0. The molecule has 0 amide bonds. The van der Waals surface area contributed by atoms with Gasteiger partial charge in [0.15, 0.2) is 0 Å². The Morgan fingerprint density at radius 1 is 1.29 bits per heavy atom. The molecule has 17 heavy (non-hydrogen) atoms. The molecule has 0 aromatic heterocycles. The fourth-order valence-electron chi connectivity index (χ4n) is 3.38. The summed E-state index contributed by atoms with van der Waals surface area (Å²) in [6.45, 7) is 8.80. The van der Waals surface area contributed by atoms with Crippen molar-refractivity contribution >= 4 is 0 Å². The smallest absolute Gasteiger partial charge is 0.0824 e. The normalized spacial score (nSPS) is 34.8. The molecule has 2 aliphatic rings. The molecule has 2 aliphatic heterocycles. The van der Waals surface area contributed by atoms with Gasteiger partial charge in [0, 0.05) is 19.1 Å². The van der Waals surface area contributed by atoms with Gasteiger partial charge in [0.1, 0.15) is 0 Å². The van der Waals surface area contributed by atoms with E-state index in [1.165, 1.54) is 19.3 Å². The van der Waals surface area contributed by atoms with E-state index in [9.17, 15) is 5.11 Å². The zero-order valence-corrected chi connectivity index (χ0v) is 11.4. The molecule has 0 aromatic carbocycles. The Balaban J connectivity index is 1.92. The predicted molar refractivity (Wildman–Crippen MR) is 71.1 cm³/mol. The lowest BCUT2D eigenvalue weighted by atomic mass is 9.77. The Bertz CT molecular complexity index is 236. The molecule has 0 aromatic rings. The van der Waals surface area contributed by atoms with Gasteiger partial charge >= 0.3 is 0 Å². The Labute approximate surface area is 106 Å². The Kier molecular flexibility index (Phi) is 4.45. The fraction of sp³-hybridized carbons (Fsp3) is 1.00. The maximum Gasteiger partial charge on any atom is 0.0824 e.